The van der Waals surface area contributed by atoms with E-state index in [1.165, 1.54) is 0 Å². The second-order valence-corrected chi connectivity index (χ2v) is 8.02. The van der Waals surface area contributed by atoms with Crippen molar-refractivity contribution >= 4 is 28.3 Å². The third kappa shape index (κ3) is 3.59. The van der Waals surface area contributed by atoms with Gasteiger partial charge in [-0.3, -0.25) is 4.40 Å². The van der Waals surface area contributed by atoms with Crippen molar-refractivity contribution in [1.29, 1.82) is 0 Å². The third-order valence-corrected chi connectivity index (χ3v) is 6.11. The van der Waals surface area contributed by atoms with Gasteiger partial charge in [0.2, 0.25) is 0 Å². The maximum Gasteiger partial charge on any atom is 0.196 e. The first-order valence-corrected chi connectivity index (χ1v) is 10.7. The van der Waals surface area contributed by atoms with Gasteiger partial charge in [-0.15, -0.1) is 10.2 Å². The molecule has 8 heteroatoms. The highest BCUT2D eigenvalue weighted by molar-refractivity contribution is 7.98. The molecular weight excluding hydrogens is 412 g/mol. The average Bonchev–Trinajstić information content (AvgIpc) is 3.44. The van der Waals surface area contributed by atoms with Crippen LogP contribution in [0.3, 0.4) is 0 Å². The third-order valence-electron chi connectivity index (χ3n) is 5.16. The zero-order valence-corrected chi connectivity index (χ0v) is 18.1. The Kier molecular flexibility index (Phi) is 4.99. The van der Waals surface area contributed by atoms with E-state index in [1.807, 2.05) is 48.5 Å². The lowest BCUT2D eigenvalue weighted by Gasteiger charge is -2.09. The molecule has 0 aliphatic carbocycles. The second-order valence-electron chi connectivity index (χ2n) is 7.08. The van der Waals surface area contributed by atoms with Crippen LogP contribution in [0.4, 0.5) is 0 Å². The van der Waals surface area contributed by atoms with Crippen molar-refractivity contribution < 1.29 is 14.0 Å². The fourth-order valence-electron chi connectivity index (χ4n) is 3.54. The van der Waals surface area contributed by atoms with E-state index >= 15 is 0 Å². The number of rotatable bonds is 6. The first-order chi connectivity index (χ1) is 15.2. The number of hydrogen-bond acceptors (Lipinski definition) is 7. The number of fused-ring (bicyclic) bond motifs is 3. The van der Waals surface area contributed by atoms with Gasteiger partial charge >= 0.3 is 0 Å². The quantitative estimate of drug-likeness (QED) is 0.343. The van der Waals surface area contributed by atoms with Gasteiger partial charge in [0.15, 0.2) is 10.8 Å². The van der Waals surface area contributed by atoms with Crippen LogP contribution < -0.4 is 9.47 Å². The summed E-state index contributed by atoms with van der Waals surface area (Å²) in [5.74, 6) is 2.95. The number of hydrogen-bond donors (Lipinski definition) is 0. The molecule has 0 N–H and O–H groups in total. The average molecular weight is 433 g/mol. The van der Waals surface area contributed by atoms with E-state index in [2.05, 4.69) is 32.7 Å². The fraction of sp³-hybridized carbons (Fsp3) is 0.174. The summed E-state index contributed by atoms with van der Waals surface area (Å²) in [6.07, 6.45) is 0. The summed E-state index contributed by atoms with van der Waals surface area (Å²) in [6, 6.07) is 17.8. The number of aromatic nitrogens is 4. The molecule has 0 unspecified atom stereocenters. The first-order valence-electron chi connectivity index (χ1n) is 9.71. The van der Waals surface area contributed by atoms with Gasteiger partial charge in [-0.25, -0.2) is 0 Å². The monoisotopic (exact) mass is 432 g/mol. The van der Waals surface area contributed by atoms with E-state index in [4.69, 9.17) is 14.0 Å². The molecule has 0 fully saturated rings. The zero-order valence-electron chi connectivity index (χ0n) is 17.3. The van der Waals surface area contributed by atoms with E-state index < -0.39 is 0 Å². The minimum atomic E-state index is 0.587. The molecule has 0 atom stereocenters. The maximum absolute atomic E-state index is 5.55. The van der Waals surface area contributed by atoms with Crippen LogP contribution in [0.15, 0.2) is 64.3 Å². The molecule has 156 valence electrons. The molecule has 3 aromatic heterocycles. The van der Waals surface area contributed by atoms with Gasteiger partial charge in [0.25, 0.3) is 0 Å². The van der Waals surface area contributed by atoms with Gasteiger partial charge in [-0.1, -0.05) is 16.9 Å². The van der Waals surface area contributed by atoms with Gasteiger partial charge in [0.05, 0.1) is 25.5 Å². The fourth-order valence-corrected chi connectivity index (χ4v) is 4.36. The SMILES string of the molecule is COc1ccc(-c2cc(CSc3nnc4cc(C)c5ccc(OC)cc5n34)on2)cc1. The van der Waals surface area contributed by atoms with Crippen molar-refractivity contribution in [1.82, 2.24) is 19.8 Å². The predicted octanol–water partition coefficient (Wildman–Crippen LogP) is 5.16. The van der Waals surface area contributed by atoms with Crippen molar-refractivity contribution in [2.24, 2.45) is 0 Å². The number of aryl methyl sites for hydroxylation is 1. The molecule has 5 aromatic rings. The molecule has 5 rings (SSSR count). The Morgan fingerprint density at radius 1 is 0.935 bits per heavy atom. The summed E-state index contributed by atoms with van der Waals surface area (Å²) in [5, 5.41) is 14.9. The summed E-state index contributed by atoms with van der Waals surface area (Å²) < 4.78 is 18.2. The van der Waals surface area contributed by atoms with Crippen molar-refractivity contribution in [3.05, 3.63) is 65.9 Å². The Labute approximate surface area is 183 Å². The number of nitrogens with zero attached hydrogens (tertiary/aromatic N) is 4. The van der Waals surface area contributed by atoms with Crippen LogP contribution in [0.1, 0.15) is 11.3 Å². The molecule has 31 heavy (non-hydrogen) atoms. The Balaban J connectivity index is 1.43. The molecular formula is C23H20N4O3S. The highest BCUT2D eigenvalue weighted by Crippen LogP contribution is 2.30. The van der Waals surface area contributed by atoms with Gasteiger partial charge < -0.3 is 14.0 Å². The van der Waals surface area contributed by atoms with E-state index in [-0.39, 0.29) is 0 Å². The molecule has 0 bridgehead atoms. The Morgan fingerprint density at radius 2 is 1.71 bits per heavy atom. The van der Waals surface area contributed by atoms with Gasteiger partial charge in [0.1, 0.15) is 23.0 Å². The van der Waals surface area contributed by atoms with Crippen LogP contribution in [-0.4, -0.2) is 34.0 Å². The molecule has 0 aliphatic rings. The van der Waals surface area contributed by atoms with E-state index in [0.29, 0.717) is 5.75 Å². The van der Waals surface area contributed by atoms with Crippen LogP contribution in [0.25, 0.3) is 27.8 Å². The molecule has 0 aliphatic heterocycles. The normalized spacial score (nSPS) is 11.3. The number of pyridine rings is 1. The Morgan fingerprint density at radius 3 is 2.48 bits per heavy atom. The summed E-state index contributed by atoms with van der Waals surface area (Å²) in [7, 11) is 3.31. The Bertz CT molecular complexity index is 1380. The van der Waals surface area contributed by atoms with Crippen LogP contribution in [0, 0.1) is 6.92 Å². The zero-order chi connectivity index (χ0) is 21.4. The topological polar surface area (TPSA) is 74.7 Å². The van der Waals surface area contributed by atoms with Crippen molar-refractivity contribution in [2.45, 2.75) is 17.8 Å². The molecule has 0 radical (unpaired) electrons. The van der Waals surface area contributed by atoms with Crippen molar-refractivity contribution in [2.75, 3.05) is 14.2 Å². The van der Waals surface area contributed by atoms with E-state index in [1.54, 1.807) is 26.0 Å². The minimum absolute atomic E-state index is 0.587. The molecule has 7 nitrogen and oxygen atoms in total. The van der Waals surface area contributed by atoms with Gasteiger partial charge in [-0.2, -0.15) is 0 Å². The largest absolute Gasteiger partial charge is 0.497 e. The van der Waals surface area contributed by atoms with Crippen molar-refractivity contribution in [3.63, 3.8) is 0 Å². The molecule has 0 amide bonds. The summed E-state index contributed by atoms with van der Waals surface area (Å²) in [5.41, 5.74) is 4.72. The standard InChI is InChI=1S/C23H20N4O3S/c1-14-10-22-24-25-23(27(22)21-12-17(29-3)8-9-19(14)21)31-13-18-11-20(26-30-18)15-4-6-16(28-2)7-5-15/h4-12H,13H2,1-3H3. The number of benzene rings is 2. The highest BCUT2D eigenvalue weighted by Gasteiger charge is 2.14. The van der Waals surface area contributed by atoms with Gasteiger partial charge in [0, 0.05) is 23.1 Å². The smallest absolute Gasteiger partial charge is 0.196 e. The van der Waals surface area contributed by atoms with Gasteiger partial charge in [-0.05, 0) is 55.0 Å². The lowest BCUT2D eigenvalue weighted by molar-refractivity contribution is 0.397. The highest BCUT2D eigenvalue weighted by atomic mass is 32.2. The van der Waals surface area contributed by atoms with Crippen LogP contribution >= 0.6 is 11.8 Å². The maximum atomic E-state index is 5.55. The second kappa shape index (κ2) is 7.96. The number of methoxy groups -OCH3 is 2. The van der Waals surface area contributed by atoms with Crippen LogP contribution in [-0.2, 0) is 5.75 Å². The van der Waals surface area contributed by atoms with Crippen molar-refractivity contribution in [3.8, 4) is 22.8 Å². The molecule has 0 spiro atoms. The molecule has 3 heterocycles. The van der Waals surface area contributed by atoms with E-state index in [9.17, 15) is 0 Å². The lowest BCUT2D eigenvalue weighted by atomic mass is 10.1. The first kappa shape index (κ1) is 19.4. The van der Waals surface area contributed by atoms with E-state index in [0.717, 1.165) is 55.8 Å². The summed E-state index contributed by atoms with van der Waals surface area (Å²) in [6.45, 7) is 2.07. The number of ether oxygens (including phenoxy) is 2. The molecule has 0 saturated heterocycles. The molecule has 0 saturated carbocycles. The Hall–Kier alpha value is -3.52. The van der Waals surface area contributed by atoms with Crippen LogP contribution in [0.2, 0.25) is 0 Å². The molecule has 2 aromatic carbocycles. The summed E-state index contributed by atoms with van der Waals surface area (Å²) in [4.78, 5) is 0. The number of thioether (sulfide) groups is 1. The lowest BCUT2D eigenvalue weighted by Crippen LogP contribution is -1.94. The summed E-state index contributed by atoms with van der Waals surface area (Å²) >= 11 is 1.55. The van der Waals surface area contributed by atoms with Crippen LogP contribution in [0.5, 0.6) is 11.5 Å². The predicted molar refractivity (Wildman–Crippen MR) is 120 cm³/mol. The minimum Gasteiger partial charge on any atom is -0.497 e.